The molecule has 0 unspecified atom stereocenters. The highest BCUT2D eigenvalue weighted by Crippen LogP contribution is 2.38. The van der Waals surface area contributed by atoms with E-state index in [0.29, 0.717) is 0 Å². The number of halogens is 3. The molecule has 0 atom stereocenters. The van der Waals surface area contributed by atoms with Gasteiger partial charge in [-0.25, -0.2) is 4.79 Å². The third kappa shape index (κ3) is 4.00. The highest BCUT2D eigenvalue weighted by Gasteiger charge is 2.36. The first-order valence-electron chi connectivity index (χ1n) is 5.91. The molecule has 0 saturated heterocycles. The number of nitro benzene ring substituents is 1. The van der Waals surface area contributed by atoms with Crippen LogP contribution in [0.15, 0.2) is 23.4 Å². The summed E-state index contributed by atoms with van der Waals surface area (Å²) in [7, 11) is 0. The number of carbonyl (C=O) groups is 1. The van der Waals surface area contributed by atoms with Crippen LogP contribution < -0.4 is 5.32 Å². The van der Waals surface area contributed by atoms with Crippen LogP contribution >= 0.6 is 0 Å². The van der Waals surface area contributed by atoms with Crippen LogP contribution in [-0.4, -0.2) is 16.0 Å². The summed E-state index contributed by atoms with van der Waals surface area (Å²) in [5, 5.41) is 48.2. The van der Waals surface area contributed by atoms with Crippen molar-refractivity contribution in [3.63, 3.8) is 0 Å². The summed E-state index contributed by atoms with van der Waals surface area (Å²) in [4.78, 5) is 20.9. The van der Waals surface area contributed by atoms with Gasteiger partial charge in [-0.05, 0) is 6.07 Å². The van der Waals surface area contributed by atoms with E-state index in [-0.39, 0.29) is 12.1 Å². The number of carboxylic acid groups (broad SMARTS) is 1. The molecule has 0 amide bonds. The monoisotopic (exact) mass is 351 g/mol. The molecule has 0 aliphatic heterocycles. The molecule has 1 aromatic rings. The maximum atomic E-state index is 12.8. The predicted octanol–water partition coefficient (Wildman–Crippen LogP) is 2.55. The Morgan fingerprint density at radius 2 is 1.76 bits per heavy atom. The quantitative estimate of drug-likeness (QED) is 0.474. The van der Waals surface area contributed by atoms with E-state index in [4.69, 9.17) is 20.9 Å². The third-order valence-electron chi connectivity index (χ3n) is 2.71. The first kappa shape index (κ1) is 18.9. The molecule has 0 aromatic heterocycles. The number of benzene rings is 1. The molecule has 12 heteroatoms. The van der Waals surface area contributed by atoms with Crippen LogP contribution in [0.25, 0.3) is 0 Å². The van der Waals surface area contributed by atoms with Gasteiger partial charge in [-0.2, -0.15) is 29.0 Å². The van der Waals surface area contributed by atoms with Gasteiger partial charge >= 0.3 is 12.1 Å². The van der Waals surface area contributed by atoms with Crippen molar-refractivity contribution >= 4 is 17.3 Å². The number of hydrogen-bond donors (Lipinski definition) is 2. The van der Waals surface area contributed by atoms with Gasteiger partial charge in [-0.1, -0.05) is 0 Å². The normalized spacial score (nSPS) is 9.92. The molecule has 25 heavy (non-hydrogen) atoms. The van der Waals surface area contributed by atoms with Crippen molar-refractivity contribution in [1.82, 2.24) is 0 Å². The van der Waals surface area contributed by atoms with E-state index in [9.17, 15) is 28.1 Å². The molecule has 2 N–H and O–H groups in total. The molecule has 0 bridgehead atoms. The standard InChI is InChI=1S/C13H4F3N5O4/c14-13(15,16)7-1-8(12(22)23)11(10(2-7)21(24)25)20-9(5-19)6(3-17)4-18/h1-2,20H,(H,22,23). The lowest BCUT2D eigenvalue weighted by Gasteiger charge is -2.13. The van der Waals surface area contributed by atoms with E-state index in [1.807, 2.05) is 5.32 Å². The zero-order chi connectivity index (χ0) is 19.4. The smallest absolute Gasteiger partial charge is 0.416 e. The second-order valence-corrected chi connectivity index (χ2v) is 4.19. The van der Waals surface area contributed by atoms with E-state index in [1.54, 1.807) is 0 Å². The minimum Gasteiger partial charge on any atom is -0.478 e. The minimum absolute atomic E-state index is 0.0716. The van der Waals surface area contributed by atoms with E-state index in [1.165, 1.54) is 18.2 Å². The van der Waals surface area contributed by atoms with Crippen LogP contribution in [0.5, 0.6) is 0 Å². The Morgan fingerprint density at radius 3 is 2.12 bits per heavy atom. The maximum absolute atomic E-state index is 12.8. The summed E-state index contributed by atoms with van der Waals surface area (Å²) in [6.45, 7) is 0. The van der Waals surface area contributed by atoms with Gasteiger partial charge in [0.15, 0.2) is 5.57 Å². The highest BCUT2D eigenvalue weighted by molar-refractivity contribution is 5.98. The van der Waals surface area contributed by atoms with Crippen LogP contribution in [0.1, 0.15) is 15.9 Å². The molecule has 0 spiro atoms. The van der Waals surface area contributed by atoms with Crippen LogP contribution in [-0.2, 0) is 6.18 Å². The zero-order valence-electron chi connectivity index (χ0n) is 11.7. The molecule has 1 rings (SSSR count). The van der Waals surface area contributed by atoms with Crippen LogP contribution in [0.3, 0.4) is 0 Å². The van der Waals surface area contributed by atoms with Gasteiger partial charge in [0.2, 0.25) is 0 Å². The number of anilines is 1. The number of nitrogens with zero attached hydrogens (tertiary/aromatic N) is 4. The number of nitriles is 3. The van der Waals surface area contributed by atoms with E-state index < -0.39 is 50.8 Å². The number of aromatic carboxylic acids is 1. The topological polar surface area (TPSA) is 164 Å². The fourth-order valence-electron chi connectivity index (χ4n) is 1.64. The van der Waals surface area contributed by atoms with E-state index >= 15 is 0 Å². The number of allylic oxidation sites excluding steroid dienone is 2. The molecule has 0 aliphatic rings. The summed E-state index contributed by atoms with van der Waals surface area (Å²) in [5.41, 5.74) is -6.71. The summed E-state index contributed by atoms with van der Waals surface area (Å²) in [6.07, 6.45) is -5.06. The molecule has 126 valence electrons. The Morgan fingerprint density at radius 1 is 1.20 bits per heavy atom. The lowest BCUT2D eigenvalue weighted by atomic mass is 10.0. The maximum Gasteiger partial charge on any atom is 0.416 e. The Kier molecular flexibility index (Phi) is 5.29. The largest absolute Gasteiger partial charge is 0.478 e. The fraction of sp³-hybridized carbons (Fsp3) is 0.0769. The van der Waals surface area contributed by atoms with Crippen LogP contribution in [0.4, 0.5) is 24.5 Å². The summed E-state index contributed by atoms with van der Waals surface area (Å²) < 4.78 is 38.4. The number of alkyl halides is 3. The van der Waals surface area contributed by atoms with E-state index in [2.05, 4.69) is 0 Å². The number of carboxylic acids is 1. The first-order chi connectivity index (χ1) is 11.6. The van der Waals surface area contributed by atoms with Crippen molar-refractivity contribution < 1.29 is 28.0 Å². The average molecular weight is 351 g/mol. The first-order valence-corrected chi connectivity index (χ1v) is 5.91. The lowest BCUT2D eigenvalue weighted by Crippen LogP contribution is -2.13. The Labute approximate surface area is 136 Å². The zero-order valence-corrected chi connectivity index (χ0v) is 11.7. The third-order valence-corrected chi connectivity index (χ3v) is 2.71. The van der Waals surface area contributed by atoms with Crippen molar-refractivity contribution in [2.45, 2.75) is 6.18 Å². The molecule has 0 radical (unpaired) electrons. The van der Waals surface area contributed by atoms with Crippen molar-refractivity contribution in [2.75, 3.05) is 5.32 Å². The Bertz CT molecular complexity index is 865. The van der Waals surface area contributed by atoms with Crippen molar-refractivity contribution in [2.24, 2.45) is 0 Å². The number of nitro groups is 1. The van der Waals surface area contributed by atoms with Crippen molar-refractivity contribution in [1.29, 1.82) is 15.8 Å². The minimum atomic E-state index is -5.06. The van der Waals surface area contributed by atoms with Gasteiger partial charge in [0.1, 0.15) is 29.6 Å². The molecule has 1 aromatic carbocycles. The average Bonchev–Trinajstić information content (AvgIpc) is 2.53. The van der Waals surface area contributed by atoms with Gasteiger partial charge in [-0.3, -0.25) is 10.1 Å². The van der Waals surface area contributed by atoms with Gasteiger partial charge in [0.25, 0.3) is 5.69 Å². The van der Waals surface area contributed by atoms with Gasteiger partial charge in [0, 0.05) is 6.07 Å². The van der Waals surface area contributed by atoms with Crippen molar-refractivity contribution in [3.8, 4) is 18.2 Å². The summed E-state index contributed by atoms with van der Waals surface area (Å²) in [5.74, 6) is -1.95. The lowest BCUT2D eigenvalue weighted by molar-refractivity contribution is -0.384. The second-order valence-electron chi connectivity index (χ2n) is 4.19. The SMILES string of the molecule is N#CC(C#N)=C(C#N)Nc1c(C(=O)O)cc(C(F)(F)F)cc1[N+](=O)[O-]. The molecular formula is C13H4F3N5O4. The number of hydrogen-bond acceptors (Lipinski definition) is 7. The Balaban J connectivity index is 3.82. The molecular weight excluding hydrogens is 347 g/mol. The summed E-state index contributed by atoms with van der Waals surface area (Å²) >= 11 is 0. The number of rotatable bonds is 4. The molecule has 0 heterocycles. The van der Waals surface area contributed by atoms with Crippen LogP contribution in [0.2, 0.25) is 0 Å². The van der Waals surface area contributed by atoms with Crippen molar-refractivity contribution in [3.05, 3.63) is 44.6 Å². The fourth-order valence-corrected chi connectivity index (χ4v) is 1.64. The summed E-state index contributed by atoms with van der Waals surface area (Å²) in [6, 6.07) is 4.10. The van der Waals surface area contributed by atoms with Gasteiger partial charge in [-0.15, -0.1) is 0 Å². The molecule has 9 nitrogen and oxygen atoms in total. The molecule has 0 aliphatic carbocycles. The van der Waals surface area contributed by atoms with Crippen LogP contribution in [0, 0.1) is 44.1 Å². The second kappa shape index (κ2) is 6.98. The molecule has 0 fully saturated rings. The van der Waals surface area contributed by atoms with Gasteiger partial charge in [0.05, 0.1) is 16.1 Å². The highest BCUT2D eigenvalue weighted by atomic mass is 19.4. The van der Waals surface area contributed by atoms with E-state index in [0.717, 1.165) is 0 Å². The Hall–Kier alpha value is -4.11. The molecule has 0 saturated carbocycles. The van der Waals surface area contributed by atoms with Gasteiger partial charge < -0.3 is 10.4 Å². The number of nitrogens with one attached hydrogen (secondary N) is 1. The predicted molar refractivity (Wildman–Crippen MR) is 72.5 cm³/mol.